The van der Waals surface area contributed by atoms with Gasteiger partial charge in [-0.25, -0.2) is 4.83 Å². The van der Waals surface area contributed by atoms with E-state index in [1.807, 2.05) is 38.1 Å². The molecule has 0 aromatic heterocycles. The van der Waals surface area contributed by atoms with E-state index in [2.05, 4.69) is 23.8 Å². The Hall–Kier alpha value is -2.34. The molecule has 0 fully saturated rings. The zero-order valence-electron chi connectivity index (χ0n) is 15.0. The van der Waals surface area contributed by atoms with Crippen LogP contribution in [0.25, 0.3) is 0 Å². The van der Waals surface area contributed by atoms with Crippen LogP contribution >= 0.6 is 0 Å². The van der Waals surface area contributed by atoms with Crippen LogP contribution in [0.2, 0.25) is 0 Å². The van der Waals surface area contributed by atoms with E-state index in [0.29, 0.717) is 12.5 Å². The van der Waals surface area contributed by atoms with Crippen LogP contribution in [0.3, 0.4) is 0 Å². The average Bonchev–Trinajstić information content (AvgIpc) is 2.55. The molecule has 0 heterocycles. The van der Waals surface area contributed by atoms with Crippen LogP contribution in [-0.2, 0) is 10.0 Å². The summed E-state index contributed by atoms with van der Waals surface area (Å²) in [6.07, 6.45) is 1.46. The highest BCUT2D eigenvalue weighted by Gasteiger charge is 2.13. The van der Waals surface area contributed by atoms with Gasteiger partial charge in [-0.15, -0.1) is 0 Å². The van der Waals surface area contributed by atoms with Crippen molar-refractivity contribution in [2.75, 3.05) is 6.61 Å². The van der Waals surface area contributed by atoms with Crippen molar-refractivity contribution >= 4 is 16.2 Å². The Morgan fingerprint density at radius 1 is 1.12 bits per heavy atom. The fourth-order valence-electron chi connectivity index (χ4n) is 2.05. The highest BCUT2D eigenvalue weighted by Crippen LogP contribution is 2.15. The quantitative estimate of drug-likeness (QED) is 0.605. The SMILES string of the molecule is Cc1ccc(S(=O)(=O)N/N=C/c2cccc(OCC(C)C)c2)cc1C. The van der Waals surface area contributed by atoms with E-state index >= 15 is 0 Å². The normalized spacial score (nSPS) is 11.9. The van der Waals surface area contributed by atoms with Crippen molar-refractivity contribution in [3.05, 3.63) is 59.2 Å². The smallest absolute Gasteiger partial charge is 0.276 e. The summed E-state index contributed by atoms with van der Waals surface area (Å²) in [7, 11) is -3.68. The maximum Gasteiger partial charge on any atom is 0.276 e. The summed E-state index contributed by atoms with van der Waals surface area (Å²) in [4.78, 5) is 2.44. The van der Waals surface area contributed by atoms with Crippen molar-refractivity contribution in [1.82, 2.24) is 4.83 Å². The molecular weight excluding hydrogens is 336 g/mol. The molecule has 5 nitrogen and oxygen atoms in total. The second kappa shape index (κ2) is 8.16. The van der Waals surface area contributed by atoms with Gasteiger partial charge in [-0.2, -0.15) is 13.5 Å². The van der Waals surface area contributed by atoms with Gasteiger partial charge in [0.15, 0.2) is 0 Å². The standard InChI is InChI=1S/C19H24N2O3S/c1-14(2)13-24-18-7-5-6-17(11-18)12-20-21-25(22,23)19-9-8-15(3)16(4)10-19/h5-12,14,21H,13H2,1-4H3/b20-12+. The van der Waals surface area contributed by atoms with Crippen molar-refractivity contribution in [1.29, 1.82) is 0 Å². The van der Waals surface area contributed by atoms with Crippen LogP contribution in [0.4, 0.5) is 0 Å². The van der Waals surface area contributed by atoms with Crippen LogP contribution in [0.15, 0.2) is 52.5 Å². The molecule has 0 saturated heterocycles. The Morgan fingerprint density at radius 3 is 2.56 bits per heavy atom. The lowest BCUT2D eigenvalue weighted by Crippen LogP contribution is -2.18. The fraction of sp³-hybridized carbons (Fsp3) is 0.316. The third-order valence-corrected chi connectivity index (χ3v) is 4.84. The van der Waals surface area contributed by atoms with E-state index in [-0.39, 0.29) is 4.90 Å². The number of hydrazone groups is 1. The fourth-order valence-corrected chi connectivity index (χ4v) is 2.93. The Kier molecular flexibility index (Phi) is 6.20. The molecule has 1 N–H and O–H groups in total. The Morgan fingerprint density at radius 2 is 1.88 bits per heavy atom. The molecule has 0 atom stereocenters. The minimum Gasteiger partial charge on any atom is -0.493 e. The number of hydrogen-bond acceptors (Lipinski definition) is 4. The van der Waals surface area contributed by atoms with Crippen LogP contribution in [0.1, 0.15) is 30.5 Å². The van der Waals surface area contributed by atoms with Crippen LogP contribution < -0.4 is 9.57 Å². The molecule has 2 rings (SSSR count). The van der Waals surface area contributed by atoms with Gasteiger partial charge in [0.1, 0.15) is 5.75 Å². The molecule has 0 aliphatic carbocycles. The summed E-state index contributed by atoms with van der Waals surface area (Å²) < 4.78 is 30.2. The first-order valence-corrected chi connectivity index (χ1v) is 9.61. The van der Waals surface area contributed by atoms with Gasteiger partial charge in [0.25, 0.3) is 10.0 Å². The van der Waals surface area contributed by atoms with Gasteiger partial charge < -0.3 is 4.74 Å². The van der Waals surface area contributed by atoms with Gasteiger partial charge in [-0.1, -0.05) is 32.0 Å². The number of nitrogens with zero attached hydrogens (tertiary/aromatic N) is 1. The minimum absolute atomic E-state index is 0.196. The van der Waals surface area contributed by atoms with Gasteiger partial charge in [-0.3, -0.25) is 0 Å². The molecule has 0 amide bonds. The van der Waals surface area contributed by atoms with Crippen LogP contribution in [0.5, 0.6) is 5.75 Å². The van der Waals surface area contributed by atoms with E-state index < -0.39 is 10.0 Å². The summed E-state index contributed by atoms with van der Waals surface area (Å²) in [5.41, 5.74) is 2.71. The molecule has 0 spiro atoms. The molecule has 0 bridgehead atoms. The second-order valence-corrected chi connectivity index (χ2v) is 8.04. The van der Waals surface area contributed by atoms with Crippen molar-refractivity contribution in [2.45, 2.75) is 32.6 Å². The van der Waals surface area contributed by atoms with Crippen LogP contribution in [0, 0.1) is 19.8 Å². The van der Waals surface area contributed by atoms with Gasteiger partial charge in [0.05, 0.1) is 17.7 Å². The lowest BCUT2D eigenvalue weighted by atomic mass is 10.1. The Bertz CT molecular complexity index is 859. The van der Waals surface area contributed by atoms with E-state index in [1.54, 1.807) is 18.2 Å². The number of hydrogen-bond donors (Lipinski definition) is 1. The molecule has 2 aromatic rings. The van der Waals surface area contributed by atoms with Crippen molar-refractivity contribution in [3.63, 3.8) is 0 Å². The highest BCUT2D eigenvalue weighted by atomic mass is 32.2. The molecule has 0 unspecified atom stereocenters. The summed E-state index contributed by atoms with van der Waals surface area (Å²) in [6.45, 7) is 8.59. The molecule has 134 valence electrons. The zero-order valence-corrected chi connectivity index (χ0v) is 15.8. The number of aryl methyl sites for hydroxylation is 2. The maximum absolute atomic E-state index is 12.3. The number of benzene rings is 2. The largest absolute Gasteiger partial charge is 0.493 e. The van der Waals surface area contributed by atoms with Gasteiger partial charge in [0.2, 0.25) is 0 Å². The number of sulfonamides is 1. The summed E-state index contributed by atoms with van der Waals surface area (Å²) in [6, 6.07) is 12.3. The minimum atomic E-state index is -3.68. The lowest BCUT2D eigenvalue weighted by Gasteiger charge is -2.09. The molecule has 25 heavy (non-hydrogen) atoms. The topological polar surface area (TPSA) is 67.8 Å². The van der Waals surface area contributed by atoms with E-state index in [0.717, 1.165) is 22.4 Å². The van der Waals surface area contributed by atoms with Crippen molar-refractivity contribution in [2.24, 2.45) is 11.0 Å². The molecule has 0 saturated carbocycles. The van der Waals surface area contributed by atoms with Gasteiger partial charge in [-0.05, 0) is 60.7 Å². The summed E-state index contributed by atoms with van der Waals surface area (Å²) in [5, 5.41) is 3.86. The van der Waals surface area contributed by atoms with E-state index in [4.69, 9.17) is 4.74 Å². The van der Waals surface area contributed by atoms with Crippen molar-refractivity contribution < 1.29 is 13.2 Å². The molecule has 0 aliphatic rings. The molecule has 0 aliphatic heterocycles. The first-order chi connectivity index (χ1) is 11.8. The number of nitrogens with one attached hydrogen (secondary N) is 1. The molecule has 6 heteroatoms. The Balaban J connectivity index is 2.06. The van der Waals surface area contributed by atoms with E-state index in [1.165, 1.54) is 6.21 Å². The monoisotopic (exact) mass is 360 g/mol. The first-order valence-electron chi connectivity index (χ1n) is 8.13. The van der Waals surface area contributed by atoms with Gasteiger partial charge >= 0.3 is 0 Å². The summed E-state index contributed by atoms with van der Waals surface area (Å²) >= 11 is 0. The molecule has 0 radical (unpaired) electrons. The van der Waals surface area contributed by atoms with Crippen LogP contribution in [-0.4, -0.2) is 21.2 Å². The molecule has 2 aromatic carbocycles. The van der Waals surface area contributed by atoms with Gasteiger partial charge in [0, 0.05) is 0 Å². The third-order valence-electron chi connectivity index (χ3n) is 3.62. The van der Waals surface area contributed by atoms with E-state index in [9.17, 15) is 8.42 Å². The maximum atomic E-state index is 12.3. The second-order valence-electron chi connectivity index (χ2n) is 6.38. The number of ether oxygens (including phenoxy) is 1. The van der Waals surface area contributed by atoms with Crippen molar-refractivity contribution in [3.8, 4) is 5.75 Å². The third kappa shape index (κ3) is 5.60. The number of rotatable bonds is 7. The molecular formula is C19H24N2O3S. The Labute approximate surface area is 149 Å². The zero-order chi connectivity index (χ0) is 18.4. The predicted octanol–water partition coefficient (Wildman–Crippen LogP) is 3.65. The predicted molar refractivity (Wildman–Crippen MR) is 101 cm³/mol. The first kappa shape index (κ1) is 19.0. The highest BCUT2D eigenvalue weighted by molar-refractivity contribution is 7.89. The summed E-state index contributed by atoms with van der Waals surface area (Å²) in [5.74, 6) is 1.16. The lowest BCUT2D eigenvalue weighted by molar-refractivity contribution is 0.271. The average molecular weight is 360 g/mol.